The second kappa shape index (κ2) is 5.18. The van der Waals surface area contributed by atoms with Gasteiger partial charge in [-0.1, -0.05) is 32.9 Å². The number of rotatable bonds is 3. The number of aromatic nitrogens is 2. The van der Waals surface area contributed by atoms with E-state index in [4.69, 9.17) is 14.4 Å². The maximum atomic E-state index is 13.6. The second-order valence-electron chi connectivity index (χ2n) is 8.53. The molecule has 0 spiro atoms. The zero-order valence-electron chi connectivity index (χ0n) is 15.9. The van der Waals surface area contributed by atoms with Crippen molar-refractivity contribution >= 4 is 16.9 Å². The molecule has 1 amide bonds. The first-order valence-corrected chi connectivity index (χ1v) is 9.49. The van der Waals surface area contributed by atoms with E-state index >= 15 is 0 Å². The Kier molecular flexibility index (Phi) is 3.16. The molecule has 2 heterocycles. The number of fused-ring (bicyclic) bond motifs is 6. The van der Waals surface area contributed by atoms with Gasteiger partial charge in [-0.2, -0.15) is 0 Å². The number of nitrogens with one attached hydrogen (secondary N) is 1. The molecule has 2 aromatic heterocycles. The van der Waals surface area contributed by atoms with Gasteiger partial charge in [0.15, 0.2) is 0 Å². The monoisotopic (exact) mass is 361 g/mol. The lowest BCUT2D eigenvalue weighted by molar-refractivity contribution is -0.130. The van der Waals surface area contributed by atoms with Crippen LogP contribution in [0, 0.1) is 5.41 Å². The van der Waals surface area contributed by atoms with Gasteiger partial charge in [0, 0.05) is 5.41 Å². The summed E-state index contributed by atoms with van der Waals surface area (Å²) in [5.41, 5.74) is 2.49. The third kappa shape index (κ3) is 1.87. The van der Waals surface area contributed by atoms with Crippen molar-refractivity contribution in [3.8, 4) is 0 Å². The van der Waals surface area contributed by atoms with E-state index in [1.165, 1.54) is 0 Å². The maximum Gasteiger partial charge on any atom is 0.233 e. The number of benzene rings is 1. The van der Waals surface area contributed by atoms with Crippen LogP contribution in [0.3, 0.4) is 0 Å². The maximum absolute atomic E-state index is 13.6. The summed E-state index contributed by atoms with van der Waals surface area (Å²) in [6, 6.07) is 11.6. The molecule has 2 aliphatic carbocycles. The molecule has 1 aromatic carbocycles. The van der Waals surface area contributed by atoms with E-state index in [0.717, 1.165) is 41.0 Å². The van der Waals surface area contributed by atoms with Crippen molar-refractivity contribution in [3.63, 3.8) is 0 Å². The molecule has 2 atom stereocenters. The molecule has 3 aromatic rings. The van der Waals surface area contributed by atoms with Crippen LogP contribution in [0.1, 0.15) is 50.8 Å². The highest BCUT2D eigenvalue weighted by molar-refractivity contribution is 5.92. The van der Waals surface area contributed by atoms with Gasteiger partial charge in [0.25, 0.3) is 0 Å². The minimum absolute atomic E-state index is 0.0240. The average Bonchev–Trinajstić information content (AvgIpc) is 3.28. The zero-order chi connectivity index (χ0) is 18.9. The highest BCUT2D eigenvalue weighted by Gasteiger charge is 2.73. The molecule has 0 aliphatic heterocycles. The van der Waals surface area contributed by atoms with Crippen LogP contribution in [0.25, 0.3) is 11.0 Å². The highest BCUT2D eigenvalue weighted by Crippen LogP contribution is 2.70. The van der Waals surface area contributed by atoms with Crippen molar-refractivity contribution in [3.05, 3.63) is 59.8 Å². The van der Waals surface area contributed by atoms with Crippen LogP contribution in [-0.4, -0.2) is 15.9 Å². The van der Waals surface area contributed by atoms with E-state index in [1.54, 1.807) is 6.26 Å². The topological polar surface area (TPSA) is 68.0 Å². The fraction of sp³-hybridized carbons (Fsp3) is 0.409. The first kappa shape index (κ1) is 16.5. The molecule has 0 unspecified atom stereocenters. The number of nitrogens with zero attached hydrogens (tertiary/aromatic N) is 2. The Morgan fingerprint density at radius 1 is 1.04 bits per heavy atom. The third-order valence-corrected chi connectivity index (χ3v) is 7.33. The lowest BCUT2D eigenvalue weighted by Gasteiger charge is -2.39. The molecule has 5 heteroatoms. The van der Waals surface area contributed by atoms with Gasteiger partial charge in [0.2, 0.25) is 5.91 Å². The smallest absolute Gasteiger partial charge is 0.233 e. The van der Waals surface area contributed by atoms with Crippen LogP contribution in [0.4, 0.5) is 0 Å². The lowest BCUT2D eigenvalue weighted by atomic mass is 9.63. The Morgan fingerprint density at radius 3 is 2.41 bits per heavy atom. The van der Waals surface area contributed by atoms with Crippen molar-refractivity contribution in [1.29, 1.82) is 0 Å². The van der Waals surface area contributed by atoms with E-state index in [1.807, 2.05) is 36.4 Å². The molecule has 0 radical (unpaired) electrons. The van der Waals surface area contributed by atoms with Gasteiger partial charge < -0.3 is 9.73 Å². The van der Waals surface area contributed by atoms with Gasteiger partial charge in [0.1, 0.15) is 5.76 Å². The highest BCUT2D eigenvalue weighted by atomic mass is 16.3. The number of carbonyl (C=O) groups is 1. The Bertz CT molecular complexity index is 1060. The van der Waals surface area contributed by atoms with E-state index in [-0.39, 0.29) is 16.7 Å². The summed E-state index contributed by atoms with van der Waals surface area (Å²) in [4.78, 5) is 23.5. The van der Waals surface area contributed by atoms with Gasteiger partial charge >= 0.3 is 0 Å². The molecule has 1 N–H and O–H groups in total. The minimum Gasteiger partial charge on any atom is -0.467 e. The summed E-state index contributed by atoms with van der Waals surface area (Å²) in [7, 11) is 0. The minimum atomic E-state index is -0.666. The number of para-hydroxylation sites is 2. The number of carbonyl (C=O) groups excluding carboxylic acids is 1. The largest absolute Gasteiger partial charge is 0.467 e. The van der Waals surface area contributed by atoms with Crippen LogP contribution in [0.5, 0.6) is 0 Å². The molecule has 27 heavy (non-hydrogen) atoms. The van der Waals surface area contributed by atoms with Crippen molar-refractivity contribution in [2.75, 3.05) is 0 Å². The molecule has 1 saturated carbocycles. The number of furan rings is 1. The van der Waals surface area contributed by atoms with E-state index in [9.17, 15) is 4.79 Å². The third-order valence-electron chi connectivity index (χ3n) is 7.33. The first-order valence-electron chi connectivity index (χ1n) is 9.49. The fourth-order valence-corrected chi connectivity index (χ4v) is 5.28. The standard InChI is InChI=1S/C22H23N3O2/c1-20(2)21(3)10-11-22(20,19(26)23-13-14-7-6-12-27-14)18-17(21)24-15-8-4-5-9-16(15)25-18/h4-9,12H,10-11,13H2,1-3H3,(H,23,26)/t21-,22+/m1/s1. The fourth-order valence-electron chi connectivity index (χ4n) is 5.28. The summed E-state index contributed by atoms with van der Waals surface area (Å²) >= 11 is 0. The molecule has 1 fully saturated rings. The summed E-state index contributed by atoms with van der Waals surface area (Å²) in [6.45, 7) is 7.02. The summed E-state index contributed by atoms with van der Waals surface area (Å²) in [5, 5.41) is 3.11. The van der Waals surface area contributed by atoms with Crippen LogP contribution in [0.15, 0.2) is 47.1 Å². The Balaban J connectivity index is 1.65. The summed E-state index contributed by atoms with van der Waals surface area (Å²) in [5.74, 6) is 0.775. The quantitative estimate of drug-likeness (QED) is 0.769. The number of hydrogen-bond acceptors (Lipinski definition) is 4. The molecule has 5 nitrogen and oxygen atoms in total. The van der Waals surface area contributed by atoms with Crippen LogP contribution < -0.4 is 5.32 Å². The SMILES string of the molecule is CC1(C)[C@]2(C)CC[C@@]1(C(=O)NCc1ccco1)c1nc3ccccc3nc12. The van der Waals surface area contributed by atoms with Crippen molar-refractivity contribution in [2.45, 2.75) is 51.0 Å². The predicted octanol–water partition coefficient (Wildman–Crippen LogP) is 3.87. The van der Waals surface area contributed by atoms with Gasteiger partial charge in [-0.15, -0.1) is 0 Å². The summed E-state index contributed by atoms with van der Waals surface area (Å²) < 4.78 is 5.38. The van der Waals surface area contributed by atoms with Gasteiger partial charge in [-0.3, -0.25) is 4.79 Å². The zero-order valence-corrected chi connectivity index (χ0v) is 15.9. The van der Waals surface area contributed by atoms with Gasteiger partial charge in [-0.05, 0) is 42.5 Å². The summed E-state index contributed by atoms with van der Waals surface area (Å²) in [6.07, 6.45) is 3.35. The predicted molar refractivity (Wildman–Crippen MR) is 102 cm³/mol. The van der Waals surface area contributed by atoms with E-state index in [2.05, 4.69) is 26.1 Å². The Hall–Kier alpha value is -2.69. The van der Waals surface area contributed by atoms with E-state index in [0.29, 0.717) is 6.54 Å². The number of hydrogen-bond donors (Lipinski definition) is 1. The molecule has 2 bridgehead atoms. The van der Waals surface area contributed by atoms with Gasteiger partial charge in [0.05, 0.1) is 40.6 Å². The first-order chi connectivity index (χ1) is 12.9. The molecular weight excluding hydrogens is 338 g/mol. The lowest BCUT2D eigenvalue weighted by Crippen LogP contribution is -2.51. The average molecular weight is 361 g/mol. The van der Waals surface area contributed by atoms with Crippen LogP contribution >= 0.6 is 0 Å². The Labute approximate surface area is 158 Å². The van der Waals surface area contributed by atoms with Crippen LogP contribution in [-0.2, 0) is 22.2 Å². The van der Waals surface area contributed by atoms with E-state index < -0.39 is 5.41 Å². The molecule has 0 saturated heterocycles. The molecular formula is C22H23N3O2. The molecule has 5 rings (SSSR count). The second-order valence-corrected chi connectivity index (χ2v) is 8.53. The van der Waals surface area contributed by atoms with Crippen molar-refractivity contribution in [1.82, 2.24) is 15.3 Å². The van der Waals surface area contributed by atoms with Crippen LogP contribution in [0.2, 0.25) is 0 Å². The molecule has 2 aliphatic rings. The molecule has 138 valence electrons. The Morgan fingerprint density at radius 2 is 1.74 bits per heavy atom. The normalized spacial score (nSPS) is 27.7. The van der Waals surface area contributed by atoms with Gasteiger partial charge in [-0.25, -0.2) is 9.97 Å². The van der Waals surface area contributed by atoms with Crippen molar-refractivity contribution in [2.24, 2.45) is 5.41 Å². The van der Waals surface area contributed by atoms with Crippen molar-refractivity contribution < 1.29 is 9.21 Å². The number of amides is 1.